The Bertz CT molecular complexity index is 746. The summed E-state index contributed by atoms with van der Waals surface area (Å²) in [6.07, 6.45) is 3.62. The van der Waals surface area contributed by atoms with Gasteiger partial charge < -0.3 is 5.11 Å². The first kappa shape index (κ1) is 19.7. The third kappa shape index (κ3) is 5.19. The van der Waals surface area contributed by atoms with Crippen molar-refractivity contribution in [3.05, 3.63) is 57.5 Å². The molecule has 25 heavy (non-hydrogen) atoms. The summed E-state index contributed by atoms with van der Waals surface area (Å²) in [5.74, 6) is 0.748. The Balaban J connectivity index is 2.12. The fraction of sp³-hybridized carbons (Fsp3) is 0.500. The maximum atomic E-state index is 12.4. The van der Waals surface area contributed by atoms with Gasteiger partial charge in [0.1, 0.15) is 0 Å². The highest BCUT2D eigenvalue weighted by Crippen LogP contribution is 2.26. The normalized spacial score (nSPS) is 11.7. The maximum absolute atomic E-state index is 12.4. The van der Waals surface area contributed by atoms with Gasteiger partial charge in [-0.3, -0.25) is 4.79 Å². The van der Waals surface area contributed by atoms with E-state index in [4.69, 9.17) is 0 Å². The Morgan fingerprint density at radius 2 is 1.88 bits per heavy atom. The minimum atomic E-state index is -0.251. The number of aryl methyl sites for hydroxylation is 1. The molecule has 0 bridgehead atoms. The van der Waals surface area contributed by atoms with Gasteiger partial charge in [0.25, 0.3) is 5.56 Å². The molecule has 0 aliphatic rings. The van der Waals surface area contributed by atoms with Gasteiger partial charge in [0, 0.05) is 17.2 Å². The van der Waals surface area contributed by atoms with Crippen LogP contribution in [0, 0.1) is 0 Å². The van der Waals surface area contributed by atoms with Crippen molar-refractivity contribution in [1.29, 1.82) is 0 Å². The molecular weight excluding hydrogens is 332 g/mol. The Morgan fingerprint density at radius 1 is 1.20 bits per heavy atom. The maximum Gasteiger partial charge on any atom is 0.273 e. The van der Waals surface area contributed by atoms with Gasteiger partial charge in [-0.2, -0.15) is 5.10 Å². The van der Waals surface area contributed by atoms with Crippen molar-refractivity contribution in [3.63, 3.8) is 0 Å². The lowest BCUT2D eigenvalue weighted by Crippen LogP contribution is -2.27. The van der Waals surface area contributed by atoms with Gasteiger partial charge in [0.2, 0.25) is 0 Å². The molecule has 1 N–H and O–H groups in total. The van der Waals surface area contributed by atoms with E-state index in [0.29, 0.717) is 12.1 Å². The molecule has 0 aliphatic carbocycles. The molecule has 0 aliphatic heterocycles. The predicted molar refractivity (Wildman–Crippen MR) is 104 cm³/mol. The Kier molecular flexibility index (Phi) is 6.85. The number of unbranched alkanes of at least 4 members (excludes halogenated alkanes) is 1. The van der Waals surface area contributed by atoms with Gasteiger partial charge in [0.05, 0.1) is 18.4 Å². The first-order chi connectivity index (χ1) is 11.9. The molecule has 0 spiro atoms. The van der Waals surface area contributed by atoms with Crippen LogP contribution in [0.1, 0.15) is 57.2 Å². The van der Waals surface area contributed by atoms with E-state index in [2.05, 4.69) is 57.1 Å². The van der Waals surface area contributed by atoms with E-state index >= 15 is 0 Å². The van der Waals surface area contributed by atoms with Crippen LogP contribution in [0.5, 0.6) is 0 Å². The van der Waals surface area contributed by atoms with E-state index in [1.165, 1.54) is 15.8 Å². The van der Waals surface area contributed by atoms with E-state index in [-0.39, 0.29) is 17.6 Å². The Labute approximate surface area is 154 Å². The third-order valence-corrected chi connectivity index (χ3v) is 5.34. The van der Waals surface area contributed by atoms with E-state index in [1.54, 1.807) is 18.0 Å². The van der Waals surface area contributed by atoms with Crippen LogP contribution in [-0.4, -0.2) is 14.9 Å². The Morgan fingerprint density at radius 3 is 2.44 bits per heavy atom. The summed E-state index contributed by atoms with van der Waals surface area (Å²) >= 11 is 1.55. The fourth-order valence-corrected chi connectivity index (χ4v) is 3.48. The summed E-state index contributed by atoms with van der Waals surface area (Å²) in [5.41, 5.74) is 2.91. The zero-order chi connectivity index (χ0) is 18.4. The van der Waals surface area contributed by atoms with Gasteiger partial charge in [-0.1, -0.05) is 58.4 Å². The third-order valence-electron chi connectivity index (χ3n) is 4.20. The number of aliphatic hydroxyl groups excluding tert-OH is 1. The summed E-state index contributed by atoms with van der Waals surface area (Å²) in [5, 5.41) is 13.9. The summed E-state index contributed by atoms with van der Waals surface area (Å²) < 4.78 is 1.46. The topological polar surface area (TPSA) is 55.1 Å². The first-order valence-corrected chi connectivity index (χ1v) is 9.77. The highest BCUT2D eigenvalue weighted by molar-refractivity contribution is 7.98. The lowest BCUT2D eigenvalue weighted by atomic mass is 9.87. The number of benzene rings is 1. The zero-order valence-corrected chi connectivity index (χ0v) is 16.4. The fourth-order valence-electron chi connectivity index (χ4n) is 2.51. The lowest BCUT2D eigenvalue weighted by molar-refractivity contribution is 0.274. The minimum absolute atomic E-state index is 0.142. The van der Waals surface area contributed by atoms with Crippen LogP contribution in [0.3, 0.4) is 0 Å². The summed E-state index contributed by atoms with van der Waals surface area (Å²) in [6.45, 7) is 9.02. The SMILES string of the molecule is CCCCn1ncc(SCc2ccc(C(C)(C)C)cc2)c(CO)c1=O. The number of aliphatic hydroxyl groups is 1. The van der Waals surface area contributed by atoms with Gasteiger partial charge >= 0.3 is 0 Å². The van der Waals surface area contributed by atoms with E-state index in [9.17, 15) is 9.90 Å². The van der Waals surface area contributed by atoms with Crippen LogP contribution in [0.4, 0.5) is 0 Å². The zero-order valence-electron chi connectivity index (χ0n) is 15.6. The molecule has 1 aromatic heterocycles. The Hall–Kier alpha value is -1.59. The van der Waals surface area contributed by atoms with Gasteiger partial charge in [0.15, 0.2) is 0 Å². The second kappa shape index (κ2) is 8.68. The number of thioether (sulfide) groups is 1. The van der Waals surface area contributed by atoms with Crippen LogP contribution in [0.25, 0.3) is 0 Å². The van der Waals surface area contributed by atoms with E-state index in [0.717, 1.165) is 23.5 Å². The average molecular weight is 361 g/mol. The van der Waals surface area contributed by atoms with Crippen LogP contribution < -0.4 is 5.56 Å². The van der Waals surface area contributed by atoms with Gasteiger partial charge in [-0.05, 0) is 23.0 Å². The summed E-state index contributed by atoms with van der Waals surface area (Å²) in [7, 11) is 0. The summed E-state index contributed by atoms with van der Waals surface area (Å²) in [4.78, 5) is 13.2. The van der Waals surface area contributed by atoms with Crippen LogP contribution in [0.2, 0.25) is 0 Å². The van der Waals surface area contributed by atoms with Crippen molar-refractivity contribution in [2.45, 2.75) is 69.8 Å². The molecule has 0 unspecified atom stereocenters. The molecule has 5 heteroatoms. The van der Waals surface area contributed by atoms with Crippen molar-refractivity contribution in [2.24, 2.45) is 0 Å². The first-order valence-electron chi connectivity index (χ1n) is 8.79. The lowest BCUT2D eigenvalue weighted by Gasteiger charge is -2.19. The summed E-state index contributed by atoms with van der Waals surface area (Å²) in [6, 6.07) is 8.57. The second-order valence-corrected chi connectivity index (χ2v) is 8.28. The number of rotatable bonds is 7. The molecule has 0 saturated heterocycles. The van der Waals surface area contributed by atoms with Crippen molar-refractivity contribution < 1.29 is 5.11 Å². The highest BCUT2D eigenvalue weighted by Gasteiger charge is 2.14. The smallest absolute Gasteiger partial charge is 0.273 e. The standard InChI is InChI=1S/C20H28N2O2S/c1-5-6-11-22-19(24)17(13-23)18(12-21-22)25-14-15-7-9-16(10-8-15)20(2,3)4/h7-10,12,23H,5-6,11,13-14H2,1-4H3. The van der Waals surface area contributed by atoms with Crippen molar-refractivity contribution in [3.8, 4) is 0 Å². The van der Waals surface area contributed by atoms with Gasteiger partial charge in [-0.15, -0.1) is 11.8 Å². The largest absolute Gasteiger partial charge is 0.391 e. The van der Waals surface area contributed by atoms with Crippen LogP contribution >= 0.6 is 11.8 Å². The van der Waals surface area contributed by atoms with E-state index in [1.807, 2.05) is 0 Å². The molecule has 1 heterocycles. The highest BCUT2D eigenvalue weighted by atomic mass is 32.2. The quantitative estimate of drug-likeness (QED) is 0.755. The predicted octanol–water partition coefficient (Wildman–Crippen LogP) is 4.13. The average Bonchev–Trinajstić information content (AvgIpc) is 2.58. The molecule has 1 aromatic carbocycles. The molecule has 0 fully saturated rings. The van der Waals surface area contributed by atoms with E-state index < -0.39 is 0 Å². The van der Waals surface area contributed by atoms with Crippen molar-refractivity contribution >= 4 is 11.8 Å². The number of hydrogen-bond donors (Lipinski definition) is 1. The van der Waals surface area contributed by atoms with Crippen molar-refractivity contribution in [2.75, 3.05) is 0 Å². The molecule has 4 nitrogen and oxygen atoms in total. The molecule has 0 amide bonds. The van der Waals surface area contributed by atoms with Gasteiger partial charge in [-0.25, -0.2) is 4.68 Å². The number of nitrogens with zero attached hydrogens (tertiary/aromatic N) is 2. The molecule has 0 saturated carbocycles. The molecule has 0 radical (unpaired) electrons. The monoisotopic (exact) mass is 360 g/mol. The molecule has 136 valence electrons. The second-order valence-electron chi connectivity index (χ2n) is 7.26. The number of hydrogen-bond acceptors (Lipinski definition) is 4. The van der Waals surface area contributed by atoms with Crippen LogP contribution in [-0.2, 0) is 24.3 Å². The molecule has 2 aromatic rings. The molecule has 2 rings (SSSR count). The molecular formula is C20H28N2O2S. The molecule has 0 atom stereocenters. The van der Waals surface area contributed by atoms with Crippen molar-refractivity contribution in [1.82, 2.24) is 9.78 Å². The minimum Gasteiger partial charge on any atom is -0.391 e. The number of aromatic nitrogens is 2. The van der Waals surface area contributed by atoms with Crippen LogP contribution in [0.15, 0.2) is 40.2 Å².